The summed E-state index contributed by atoms with van der Waals surface area (Å²) in [6, 6.07) is 0. The second kappa shape index (κ2) is 4.38. The lowest BCUT2D eigenvalue weighted by molar-refractivity contribution is -0.310. The van der Waals surface area contributed by atoms with Crippen LogP contribution in [-0.4, -0.2) is 37.5 Å². The van der Waals surface area contributed by atoms with Crippen molar-refractivity contribution in [3.63, 3.8) is 0 Å². The maximum atomic E-state index is 12.7. The van der Waals surface area contributed by atoms with Crippen LogP contribution < -0.4 is 5.32 Å². The molecule has 0 aliphatic heterocycles. The van der Waals surface area contributed by atoms with Crippen LogP contribution in [0, 0.1) is 0 Å². The van der Waals surface area contributed by atoms with Gasteiger partial charge >= 0.3 is 23.9 Å². The van der Waals surface area contributed by atoms with E-state index in [-0.39, 0.29) is 6.92 Å². The van der Waals surface area contributed by atoms with Gasteiger partial charge in [0, 0.05) is 14.0 Å². The Morgan fingerprint density at radius 1 is 1.19 bits per heavy atom. The minimum atomic E-state index is -5.60. The van der Waals surface area contributed by atoms with Crippen molar-refractivity contribution in [2.24, 2.45) is 0 Å². The molecule has 96 valence electrons. The predicted molar refractivity (Wildman–Crippen MR) is 40.9 cm³/mol. The van der Waals surface area contributed by atoms with Crippen LogP contribution in [0.2, 0.25) is 0 Å². The molecule has 3 nitrogen and oxygen atoms in total. The number of amides is 1. The fourth-order valence-corrected chi connectivity index (χ4v) is 0.640. The van der Waals surface area contributed by atoms with E-state index in [1.54, 1.807) is 5.32 Å². The van der Waals surface area contributed by atoms with Crippen molar-refractivity contribution in [1.29, 1.82) is 0 Å². The molecule has 0 aromatic heterocycles. The Balaban J connectivity index is 4.72. The summed E-state index contributed by atoms with van der Waals surface area (Å²) in [6.45, 7) is -2.48. The molecule has 0 bridgehead atoms. The Labute approximate surface area is 86.7 Å². The van der Waals surface area contributed by atoms with E-state index in [0.29, 0.717) is 0 Å². The monoisotopic (exact) mass is 253 g/mol. The van der Waals surface area contributed by atoms with Crippen LogP contribution >= 0.6 is 0 Å². The fraction of sp³-hybridized carbons (Fsp3) is 0.857. The van der Waals surface area contributed by atoms with E-state index in [0.717, 1.165) is 7.05 Å². The first-order valence-electron chi connectivity index (χ1n) is 3.93. The molecule has 9 heteroatoms. The fourth-order valence-electron chi connectivity index (χ4n) is 0.640. The molecular weight excluding hydrogens is 244 g/mol. The summed E-state index contributed by atoms with van der Waals surface area (Å²) in [6.07, 6.45) is -1.42. The number of hydrogen-bond acceptors (Lipinski definition) is 2. The highest BCUT2D eigenvalue weighted by Crippen LogP contribution is 2.45. The molecule has 1 amide bonds. The van der Waals surface area contributed by atoms with Crippen LogP contribution in [0.5, 0.6) is 0 Å². The molecule has 0 spiro atoms. The van der Waals surface area contributed by atoms with Crippen LogP contribution in [0.1, 0.15) is 6.92 Å². The predicted octanol–water partition coefficient (Wildman–Crippen LogP) is 2.27. The summed E-state index contributed by atoms with van der Waals surface area (Å²) in [4.78, 5) is 10.3. The molecule has 0 saturated heterocycles. The smallest absolute Gasteiger partial charge is 0.407 e. The number of nitrogens with one attached hydrogen (secondary N) is 1. The zero-order valence-electron chi connectivity index (χ0n) is 8.29. The van der Waals surface area contributed by atoms with Crippen molar-refractivity contribution >= 4 is 6.09 Å². The number of carbonyl (C=O) groups is 1. The van der Waals surface area contributed by atoms with Crippen LogP contribution in [-0.2, 0) is 4.74 Å². The summed E-state index contributed by atoms with van der Waals surface area (Å²) >= 11 is 0. The van der Waals surface area contributed by atoms with E-state index in [1.807, 2.05) is 0 Å². The van der Waals surface area contributed by atoms with Gasteiger partial charge in [-0.15, -0.1) is 0 Å². The highest BCUT2D eigenvalue weighted by atomic mass is 19.3. The molecule has 0 aliphatic rings. The Morgan fingerprint density at radius 2 is 1.62 bits per heavy atom. The van der Waals surface area contributed by atoms with E-state index in [4.69, 9.17) is 0 Å². The summed E-state index contributed by atoms with van der Waals surface area (Å²) in [5.41, 5.74) is 0. The van der Waals surface area contributed by atoms with Gasteiger partial charge < -0.3 is 10.1 Å². The van der Waals surface area contributed by atoms with Gasteiger partial charge in [-0.3, -0.25) is 0 Å². The molecule has 0 aliphatic carbocycles. The Bertz CT molecular complexity index is 262. The largest absolute Gasteiger partial charge is 0.443 e. The summed E-state index contributed by atoms with van der Waals surface area (Å²) in [5, 5.41) is 1.70. The number of hydrogen-bond donors (Lipinski definition) is 1. The maximum Gasteiger partial charge on any atom is 0.407 e. The van der Waals surface area contributed by atoms with Crippen LogP contribution in [0.15, 0.2) is 0 Å². The normalized spacial score (nSPS) is 13.5. The number of rotatable bonds is 4. The first-order valence-corrected chi connectivity index (χ1v) is 3.93. The molecule has 16 heavy (non-hydrogen) atoms. The van der Waals surface area contributed by atoms with Gasteiger partial charge in [0.15, 0.2) is 6.61 Å². The molecule has 1 N–H and O–H groups in total. The zero-order valence-corrected chi connectivity index (χ0v) is 8.29. The van der Waals surface area contributed by atoms with E-state index < -0.39 is 30.5 Å². The molecule has 0 aromatic rings. The number of alkyl carbamates (subject to hydrolysis) is 1. The van der Waals surface area contributed by atoms with E-state index in [2.05, 4.69) is 4.74 Å². The van der Waals surface area contributed by atoms with Gasteiger partial charge in [-0.05, 0) is 0 Å². The Kier molecular flexibility index (Phi) is 4.07. The van der Waals surface area contributed by atoms with Crippen molar-refractivity contribution in [1.82, 2.24) is 5.32 Å². The van der Waals surface area contributed by atoms with Gasteiger partial charge in [-0.2, -0.15) is 26.3 Å². The lowest BCUT2D eigenvalue weighted by Gasteiger charge is -2.30. The second-order valence-corrected chi connectivity index (χ2v) is 2.99. The highest BCUT2D eigenvalue weighted by Gasteiger charge is 2.69. The number of halogens is 6. The van der Waals surface area contributed by atoms with Crippen molar-refractivity contribution < 1.29 is 35.9 Å². The molecule has 0 fully saturated rings. The van der Waals surface area contributed by atoms with Crippen molar-refractivity contribution in [2.45, 2.75) is 24.7 Å². The average Bonchev–Trinajstić information content (AvgIpc) is 2.12. The molecular formula is C7H9F6NO2. The van der Waals surface area contributed by atoms with E-state index >= 15 is 0 Å². The molecule has 0 heterocycles. The van der Waals surface area contributed by atoms with Crippen molar-refractivity contribution in [3.05, 3.63) is 0 Å². The minimum Gasteiger partial charge on any atom is -0.443 e. The highest BCUT2D eigenvalue weighted by molar-refractivity contribution is 5.66. The topological polar surface area (TPSA) is 38.3 Å². The molecule has 0 radical (unpaired) electrons. The minimum absolute atomic E-state index is 0.346. The van der Waals surface area contributed by atoms with E-state index in [9.17, 15) is 31.1 Å². The van der Waals surface area contributed by atoms with Crippen molar-refractivity contribution in [2.75, 3.05) is 13.7 Å². The third kappa shape index (κ3) is 2.92. The summed E-state index contributed by atoms with van der Waals surface area (Å²) < 4.78 is 78.5. The summed E-state index contributed by atoms with van der Waals surface area (Å²) in [7, 11) is 0.993. The Morgan fingerprint density at radius 3 is 1.94 bits per heavy atom. The maximum absolute atomic E-state index is 12.7. The SMILES string of the molecule is CNC(=O)OCC(F)(F)C(F)(F)C(C)(F)F. The van der Waals surface area contributed by atoms with Gasteiger partial charge in [-0.1, -0.05) is 0 Å². The van der Waals surface area contributed by atoms with E-state index in [1.165, 1.54) is 0 Å². The van der Waals surface area contributed by atoms with Crippen LogP contribution in [0.3, 0.4) is 0 Å². The molecule has 0 saturated carbocycles. The molecule has 0 rings (SSSR count). The van der Waals surface area contributed by atoms with Crippen LogP contribution in [0.25, 0.3) is 0 Å². The third-order valence-corrected chi connectivity index (χ3v) is 1.60. The van der Waals surface area contributed by atoms with Gasteiger partial charge in [0.2, 0.25) is 0 Å². The molecule has 0 atom stereocenters. The molecule has 0 aromatic carbocycles. The van der Waals surface area contributed by atoms with Gasteiger partial charge in [0.05, 0.1) is 0 Å². The first kappa shape index (κ1) is 14.8. The second-order valence-electron chi connectivity index (χ2n) is 2.99. The first-order chi connectivity index (χ1) is 6.95. The lowest BCUT2D eigenvalue weighted by Crippen LogP contribution is -2.55. The number of carbonyl (C=O) groups excluding carboxylic acids is 1. The van der Waals surface area contributed by atoms with Crippen LogP contribution in [0.4, 0.5) is 31.1 Å². The van der Waals surface area contributed by atoms with Gasteiger partial charge in [0.25, 0.3) is 0 Å². The van der Waals surface area contributed by atoms with Gasteiger partial charge in [-0.25, -0.2) is 4.79 Å². The third-order valence-electron chi connectivity index (χ3n) is 1.60. The van der Waals surface area contributed by atoms with Crippen molar-refractivity contribution in [3.8, 4) is 0 Å². The number of ether oxygens (including phenoxy) is 1. The lowest BCUT2D eigenvalue weighted by atomic mass is 10.1. The molecule has 0 unspecified atom stereocenters. The Hall–Kier alpha value is -1.15. The quantitative estimate of drug-likeness (QED) is 0.780. The number of alkyl halides is 6. The standard InChI is InChI=1S/C7H9F6NO2/c1-5(8,9)7(12,13)6(10,11)3-16-4(15)14-2/h3H2,1-2H3,(H,14,15). The summed E-state index contributed by atoms with van der Waals surface area (Å²) in [5.74, 6) is -15.7. The van der Waals surface area contributed by atoms with Gasteiger partial charge in [0.1, 0.15) is 0 Å². The average molecular weight is 253 g/mol. The zero-order chi connectivity index (χ0) is 13.2.